The van der Waals surface area contributed by atoms with Crippen LogP contribution in [-0.4, -0.2) is 55.1 Å². The molecule has 1 aliphatic heterocycles. The van der Waals surface area contributed by atoms with E-state index in [9.17, 15) is 14.4 Å². The average molecular weight is 396 g/mol. The fraction of sp³-hybridized carbons (Fsp3) is 0.526. The Labute approximate surface area is 164 Å². The molecule has 0 aliphatic carbocycles. The number of rotatable bonds is 5. The average Bonchev–Trinajstić information content (AvgIpc) is 2.61. The maximum absolute atomic E-state index is 12.5. The lowest BCUT2D eigenvalue weighted by Crippen LogP contribution is -2.49. The van der Waals surface area contributed by atoms with Gasteiger partial charge in [-0.3, -0.25) is 9.59 Å². The van der Waals surface area contributed by atoms with E-state index in [2.05, 4.69) is 5.32 Å². The molecule has 0 aromatic heterocycles. The molecule has 1 fully saturated rings. The van der Waals surface area contributed by atoms with Crippen molar-refractivity contribution in [2.75, 3.05) is 31.1 Å². The van der Waals surface area contributed by atoms with E-state index in [4.69, 9.17) is 16.3 Å². The van der Waals surface area contributed by atoms with Gasteiger partial charge in [0.05, 0.1) is 6.61 Å². The van der Waals surface area contributed by atoms with E-state index >= 15 is 0 Å². The maximum Gasteiger partial charge on any atom is 0.409 e. The van der Waals surface area contributed by atoms with Crippen molar-refractivity contribution in [1.29, 1.82) is 0 Å². The quantitative estimate of drug-likeness (QED) is 0.831. The first-order valence-corrected chi connectivity index (χ1v) is 9.45. The molecule has 3 amide bonds. The maximum atomic E-state index is 12.5. The summed E-state index contributed by atoms with van der Waals surface area (Å²) in [5.41, 5.74) is 1.49. The molecule has 8 heteroatoms. The van der Waals surface area contributed by atoms with E-state index in [1.807, 2.05) is 6.92 Å². The lowest BCUT2D eigenvalue weighted by atomic mass is 10.1. The van der Waals surface area contributed by atoms with Crippen molar-refractivity contribution in [1.82, 2.24) is 10.2 Å². The Morgan fingerprint density at radius 3 is 2.52 bits per heavy atom. The smallest absolute Gasteiger partial charge is 0.409 e. The summed E-state index contributed by atoms with van der Waals surface area (Å²) < 4.78 is 4.99. The van der Waals surface area contributed by atoms with Crippen LogP contribution < -0.4 is 10.2 Å². The molecule has 27 heavy (non-hydrogen) atoms. The van der Waals surface area contributed by atoms with Gasteiger partial charge >= 0.3 is 6.09 Å². The topological polar surface area (TPSA) is 79.0 Å². The molecule has 1 aromatic carbocycles. The van der Waals surface area contributed by atoms with Crippen molar-refractivity contribution in [3.8, 4) is 0 Å². The van der Waals surface area contributed by atoms with Crippen LogP contribution in [0.3, 0.4) is 0 Å². The van der Waals surface area contributed by atoms with E-state index in [1.165, 1.54) is 11.8 Å². The number of benzene rings is 1. The molecule has 0 saturated carbocycles. The van der Waals surface area contributed by atoms with Gasteiger partial charge in [0.25, 0.3) is 0 Å². The van der Waals surface area contributed by atoms with Crippen molar-refractivity contribution < 1.29 is 19.1 Å². The highest BCUT2D eigenvalue weighted by molar-refractivity contribution is 6.30. The number of hydrogen-bond donors (Lipinski definition) is 1. The van der Waals surface area contributed by atoms with Gasteiger partial charge in [-0.05, 0) is 50.5 Å². The van der Waals surface area contributed by atoms with Crippen LogP contribution in [0.5, 0.6) is 0 Å². The van der Waals surface area contributed by atoms with Gasteiger partial charge in [0.1, 0.15) is 6.54 Å². The SMILES string of the molecule is CCOC(=O)N1CCC(NC(=O)CN(C(C)=O)c2ccc(Cl)cc2C)CC1. The number of nitrogens with one attached hydrogen (secondary N) is 1. The Balaban J connectivity index is 1.92. The minimum Gasteiger partial charge on any atom is -0.450 e. The second kappa shape index (κ2) is 9.60. The number of likely N-dealkylation sites (tertiary alicyclic amines) is 1. The van der Waals surface area contributed by atoms with Gasteiger partial charge in [-0.15, -0.1) is 0 Å². The second-order valence-electron chi connectivity index (χ2n) is 6.56. The van der Waals surface area contributed by atoms with E-state index < -0.39 is 0 Å². The first-order valence-electron chi connectivity index (χ1n) is 9.07. The molecular formula is C19H26ClN3O4. The molecule has 0 unspecified atom stereocenters. The molecule has 7 nitrogen and oxygen atoms in total. The number of anilines is 1. The van der Waals surface area contributed by atoms with Crippen molar-refractivity contribution in [3.05, 3.63) is 28.8 Å². The van der Waals surface area contributed by atoms with Crippen LogP contribution >= 0.6 is 11.6 Å². The monoisotopic (exact) mass is 395 g/mol. The Hall–Kier alpha value is -2.28. The summed E-state index contributed by atoms with van der Waals surface area (Å²) in [6.45, 7) is 6.41. The molecule has 0 spiro atoms. The predicted molar refractivity (Wildman–Crippen MR) is 104 cm³/mol. The summed E-state index contributed by atoms with van der Waals surface area (Å²) >= 11 is 5.97. The van der Waals surface area contributed by atoms with Crippen molar-refractivity contribution in [3.63, 3.8) is 0 Å². The molecular weight excluding hydrogens is 370 g/mol. The summed E-state index contributed by atoms with van der Waals surface area (Å²) in [5, 5.41) is 3.54. The number of nitrogens with zero attached hydrogens (tertiary/aromatic N) is 2. The van der Waals surface area contributed by atoms with Gasteiger partial charge in [0.2, 0.25) is 11.8 Å². The van der Waals surface area contributed by atoms with Crippen LogP contribution in [0.25, 0.3) is 0 Å². The summed E-state index contributed by atoms with van der Waals surface area (Å²) in [6.07, 6.45) is 0.998. The number of piperidine rings is 1. The highest BCUT2D eigenvalue weighted by Crippen LogP contribution is 2.23. The zero-order valence-corrected chi connectivity index (χ0v) is 16.7. The van der Waals surface area contributed by atoms with Crippen LogP contribution in [-0.2, 0) is 14.3 Å². The normalized spacial score (nSPS) is 14.6. The summed E-state index contributed by atoms with van der Waals surface area (Å²) in [6, 6.07) is 5.17. The number of carbonyl (C=O) groups excluding carboxylic acids is 3. The minimum absolute atomic E-state index is 0.0247. The first-order chi connectivity index (χ1) is 12.8. The van der Waals surface area contributed by atoms with Gasteiger partial charge in [0.15, 0.2) is 0 Å². The van der Waals surface area contributed by atoms with E-state index in [0.717, 1.165) is 5.56 Å². The van der Waals surface area contributed by atoms with Crippen LogP contribution in [0.4, 0.5) is 10.5 Å². The second-order valence-corrected chi connectivity index (χ2v) is 7.00. The Kier molecular flexibility index (Phi) is 7.47. The Morgan fingerprint density at radius 2 is 1.96 bits per heavy atom. The molecule has 2 rings (SSSR count). The lowest BCUT2D eigenvalue weighted by molar-refractivity contribution is -0.123. The predicted octanol–water partition coefficient (Wildman–Crippen LogP) is 2.74. The van der Waals surface area contributed by atoms with Gasteiger partial charge in [0, 0.05) is 36.8 Å². The Morgan fingerprint density at radius 1 is 1.30 bits per heavy atom. The highest BCUT2D eigenvalue weighted by atomic mass is 35.5. The fourth-order valence-electron chi connectivity index (χ4n) is 3.13. The van der Waals surface area contributed by atoms with E-state index in [-0.39, 0.29) is 30.5 Å². The van der Waals surface area contributed by atoms with Crippen LogP contribution in [0.2, 0.25) is 5.02 Å². The van der Waals surface area contributed by atoms with Gasteiger partial charge in [-0.25, -0.2) is 4.79 Å². The van der Waals surface area contributed by atoms with Crippen molar-refractivity contribution in [2.45, 2.75) is 39.7 Å². The molecule has 1 heterocycles. The third-order valence-corrected chi connectivity index (χ3v) is 4.75. The van der Waals surface area contributed by atoms with Crippen LogP contribution in [0, 0.1) is 6.92 Å². The van der Waals surface area contributed by atoms with E-state index in [1.54, 1.807) is 30.0 Å². The zero-order chi connectivity index (χ0) is 20.0. The molecule has 0 radical (unpaired) electrons. The zero-order valence-electron chi connectivity index (χ0n) is 16.0. The van der Waals surface area contributed by atoms with Crippen LogP contribution in [0.15, 0.2) is 18.2 Å². The molecule has 1 aromatic rings. The van der Waals surface area contributed by atoms with Crippen molar-refractivity contribution >= 4 is 35.2 Å². The molecule has 148 valence electrons. The fourth-order valence-corrected chi connectivity index (χ4v) is 3.35. The molecule has 1 saturated heterocycles. The van der Waals surface area contributed by atoms with Gasteiger partial charge < -0.3 is 19.9 Å². The number of carbonyl (C=O) groups is 3. The van der Waals surface area contributed by atoms with Gasteiger partial charge in [-0.1, -0.05) is 11.6 Å². The summed E-state index contributed by atoms with van der Waals surface area (Å²) in [5.74, 6) is -0.443. The number of amides is 3. The number of hydrogen-bond acceptors (Lipinski definition) is 4. The summed E-state index contributed by atoms with van der Waals surface area (Å²) in [4.78, 5) is 39.3. The Bertz CT molecular complexity index is 702. The molecule has 1 aliphatic rings. The molecule has 0 atom stereocenters. The van der Waals surface area contributed by atoms with Gasteiger partial charge in [-0.2, -0.15) is 0 Å². The van der Waals surface area contributed by atoms with Crippen molar-refractivity contribution in [2.24, 2.45) is 0 Å². The molecule has 0 bridgehead atoms. The first kappa shape index (κ1) is 21.0. The number of aryl methyl sites for hydroxylation is 1. The van der Waals surface area contributed by atoms with Crippen LogP contribution in [0.1, 0.15) is 32.3 Å². The largest absolute Gasteiger partial charge is 0.450 e. The standard InChI is InChI=1S/C19H26ClN3O4/c1-4-27-19(26)22-9-7-16(8-10-22)21-18(25)12-23(14(3)24)17-6-5-15(20)11-13(17)2/h5-6,11,16H,4,7-10,12H2,1-3H3,(H,21,25). The minimum atomic E-state index is -0.316. The molecule has 1 N–H and O–H groups in total. The third-order valence-electron chi connectivity index (χ3n) is 4.52. The highest BCUT2D eigenvalue weighted by Gasteiger charge is 2.25. The van der Waals surface area contributed by atoms with E-state index in [0.29, 0.717) is 43.2 Å². The summed E-state index contributed by atoms with van der Waals surface area (Å²) in [7, 11) is 0. The number of ether oxygens (including phenoxy) is 1. The lowest BCUT2D eigenvalue weighted by Gasteiger charge is -2.32. The number of halogens is 1. The third kappa shape index (κ3) is 5.85.